The van der Waals surface area contributed by atoms with Crippen LogP contribution in [0.2, 0.25) is 0 Å². The quantitative estimate of drug-likeness (QED) is 0.132. The van der Waals surface area contributed by atoms with E-state index in [9.17, 15) is 34.2 Å². The second kappa shape index (κ2) is 15.2. The molecule has 1 aromatic heterocycles. The Morgan fingerprint density at radius 3 is 2.28 bits per heavy atom. The van der Waals surface area contributed by atoms with Crippen LogP contribution in [-0.4, -0.2) is 62.6 Å². The highest BCUT2D eigenvalue weighted by molar-refractivity contribution is 5.97. The molecule has 12 heteroatoms. The Labute approximate surface area is 264 Å². The largest absolute Gasteiger partial charge is 0.480 e. The van der Waals surface area contributed by atoms with E-state index in [-0.39, 0.29) is 36.9 Å². The number of fused-ring (bicyclic) bond motifs is 1. The van der Waals surface area contributed by atoms with Gasteiger partial charge in [0, 0.05) is 30.6 Å². The predicted molar refractivity (Wildman–Crippen MR) is 171 cm³/mol. The first kappa shape index (κ1) is 32.9. The molecule has 4 aromatic rings. The van der Waals surface area contributed by atoms with Crippen LogP contribution in [0.4, 0.5) is 5.69 Å². The average Bonchev–Trinajstić information content (AvgIpc) is 3.03. The predicted octanol–water partition coefficient (Wildman–Crippen LogP) is 2.65. The zero-order chi connectivity index (χ0) is 33.2. The number of terminal acetylenes is 1. The lowest BCUT2D eigenvalue weighted by atomic mass is 10.1. The van der Waals surface area contributed by atoms with Gasteiger partial charge in [-0.1, -0.05) is 42.3 Å². The molecule has 12 nitrogen and oxygen atoms in total. The molecule has 0 radical (unpaired) electrons. The number of carbonyl (C=O) groups is 4. The van der Waals surface area contributed by atoms with Gasteiger partial charge in [-0.2, -0.15) is 0 Å². The molecule has 0 bridgehead atoms. The summed E-state index contributed by atoms with van der Waals surface area (Å²) in [5.41, 5.74) is 2.77. The highest BCUT2D eigenvalue weighted by atomic mass is 16.4. The van der Waals surface area contributed by atoms with E-state index < -0.39 is 35.8 Å². The summed E-state index contributed by atoms with van der Waals surface area (Å²) in [5, 5.41) is 24.5. The zero-order valence-electron chi connectivity index (χ0n) is 25.0. The lowest BCUT2D eigenvalue weighted by Crippen LogP contribution is -2.44. The molecule has 2 atom stereocenters. The van der Waals surface area contributed by atoms with Crippen LogP contribution in [-0.2, 0) is 27.3 Å². The summed E-state index contributed by atoms with van der Waals surface area (Å²) in [4.78, 5) is 70.2. The van der Waals surface area contributed by atoms with Gasteiger partial charge in [0.05, 0.1) is 17.4 Å². The van der Waals surface area contributed by atoms with Crippen LogP contribution in [0.15, 0.2) is 77.6 Å². The van der Waals surface area contributed by atoms with Gasteiger partial charge in [-0.05, 0) is 60.9 Å². The fraction of sp³-hybridized carbons (Fsp3) is 0.235. The Bertz CT molecular complexity index is 1830. The lowest BCUT2D eigenvalue weighted by molar-refractivity contribution is -0.142. The van der Waals surface area contributed by atoms with E-state index in [1.807, 2.05) is 11.0 Å². The first-order chi connectivity index (χ1) is 22.0. The molecule has 4 rings (SSSR count). The molecule has 1 heterocycles. The van der Waals surface area contributed by atoms with Crippen LogP contribution < -0.4 is 21.1 Å². The molecule has 0 fully saturated rings. The van der Waals surface area contributed by atoms with Crippen molar-refractivity contribution in [3.8, 4) is 12.3 Å². The van der Waals surface area contributed by atoms with Crippen LogP contribution in [0, 0.1) is 19.3 Å². The fourth-order valence-corrected chi connectivity index (χ4v) is 4.88. The van der Waals surface area contributed by atoms with Crippen molar-refractivity contribution in [2.45, 2.75) is 44.8 Å². The standard InChI is InChI=1S/C34H33N5O7/c1-3-17-39(20-23-9-14-27-26(18-23)32(42)36-21(2)35-27)25-12-10-24(11-13-25)31(41)38-28(33(43)44)15-16-30(40)37-29(34(45)46)19-22-7-5-4-6-8-22/h1,4-14,18,28-29H,15-17,19-20H2,2H3,(H,37,40)(H,38,41)(H,43,44)(H,45,46)(H,35,36,42)/t28-,29?/m0/s1. The molecule has 5 N–H and O–H groups in total. The van der Waals surface area contributed by atoms with Gasteiger partial charge in [0.2, 0.25) is 5.91 Å². The van der Waals surface area contributed by atoms with E-state index in [0.29, 0.717) is 29.0 Å². The number of aromatic nitrogens is 2. The second-order valence-corrected chi connectivity index (χ2v) is 10.7. The zero-order valence-corrected chi connectivity index (χ0v) is 25.0. The number of carboxylic acid groups (broad SMARTS) is 2. The molecule has 0 aliphatic heterocycles. The highest BCUT2D eigenvalue weighted by Gasteiger charge is 2.25. The molecule has 236 valence electrons. The van der Waals surface area contributed by atoms with Crippen molar-refractivity contribution < 1.29 is 29.4 Å². The molecule has 3 aromatic carbocycles. The third kappa shape index (κ3) is 8.79. The van der Waals surface area contributed by atoms with Crippen molar-refractivity contribution in [3.05, 3.63) is 106 Å². The average molecular weight is 624 g/mol. The maximum Gasteiger partial charge on any atom is 0.326 e. The maximum absolute atomic E-state index is 12.9. The topological polar surface area (TPSA) is 182 Å². The number of carbonyl (C=O) groups excluding carboxylic acids is 2. The molecule has 2 amide bonds. The number of hydrogen-bond acceptors (Lipinski definition) is 7. The first-order valence-corrected chi connectivity index (χ1v) is 14.4. The Kier molecular flexibility index (Phi) is 10.9. The highest BCUT2D eigenvalue weighted by Crippen LogP contribution is 2.20. The SMILES string of the molecule is C#CCN(Cc1ccc2nc(C)[nH]c(=O)c2c1)c1ccc(C(=O)N[C@@H](CCC(=O)NC(Cc2ccccc2)C(=O)O)C(=O)O)cc1. The summed E-state index contributed by atoms with van der Waals surface area (Å²) in [5.74, 6) is -0.736. The Balaban J connectivity index is 1.37. The molecule has 0 aliphatic rings. The van der Waals surface area contributed by atoms with Gasteiger partial charge in [0.25, 0.3) is 11.5 Å². The minimum Gasteiger partial charge on any atom is -0.480 e. The van der Waals surface area contributed by atoms with Crippen molar-refractivity contribution >= 4 is 40.3 Å². The summed E-state index contributed by atoms with van der Waals surface area (Å²) in [6.45, 7) is 2.32. The van der Waals surface area contributed by atoms with E-state index >= 15 is 0 Å². The number of H-pyrrole nitrogens is 1. The van der Waals surface area contributed by atoms with E-state index in [2.05, 4.69) is 26.5 Å². The number of anilines is 1. The molecule has 0 spiro atoms. The second-order valence-electron chi connectivity index (χ2n) is 10.7. The minimum atomic E-state index is -1.39. The normalized spacial score (nSPS) is 12.0. The smallest absolute Gasteiger partial charge is 0.326 e. The third-order valence-electron chi connectivity index (χ3n) is 7.22. The number of nitrogens with zero attached hydrogens (tertiary/aromatic N) is 2. The van der Waals surface area contributed by atoms with E-state index in [1.165, 1.54) is 12.1 Å². The van der Waals surface area contributed by atoms with E-state index in [4.69, 9.17) is 6.42 Å². The first-order valence-electron chi connectivity index (χ1n) is 14.4. The molecular weight excluding hydrogens is 590 g/mol. The summed E-state index contributed by atoms with van der Waals surface area (Å²) < 4.78 is 0. The van der Waals surface area contributed by atoms with Gasteiger partial charge >= 0.3 is 11.9 Å². The van der Waals surface area contributed by atoms with Crippen LogP contribution in [0.5, 0.6) is 0 Å². The van der Waals surface area contributed by atoms with Gasteiger partial charge in [0.1, 0.15) is 17.9 Å². The number of aryl methyl sites for hydroxylation is 1. The van der Waals surface area contributed by atoms with E-state index in [0.717, 1.165) is 11.1 Å². The Morgan fingerprint density at radius 2 is 1.63 bits per heavy atom. The molecule has 1 unspecified atom stereocenters. The van der Waals surface area contributed by atoms with Crippen LogP contribution >= 0.6 is 0 Å². The number of nitrogens with one attached hydrogen (secondary N) is 3. The Hall–Kier alpha value is -5.96. The summed E-state index contributed by atoms with van der Waals surface area (Å²) in [6, 6.07) is 18.0. The van der Waals surface area contributed by atoms with Gasteiger partial charge < -0.3 is 30.7 Å². The van der Waals surface area contributed by atoms with Crippen molar-refractivity contribution in [2.24, 2.45) is 0 Å². The van der Waals surface area contributed by atoms with Crippen LogP contribution in [0.3, 0.4) is 0 Å². The van der Waals surface area contributed by atoms with Gasteiger partial charge in [-0.25, -0.2) is 14.6 Å². The number of benzene rings is 3. The number of hydrogen-bond donors (Lipinski definition) is 5. The van der Waals surface area contributed by atoms with Gasteiger partial charge in [-0.15, -0.1) is 6.42 Å². The molecule has 0 saturated heterocycles. The summed E-state index contributed by atoms with van der Waals surface area (Å²) >= 11 is 0. The number of amides is 2. The van der Waals surface area contributed by atoms with Crippen LogP contribution in [0.25, 0.3) is 10.9 Å². The summed E-state index contributed by atoms with van der Waals surface area (Å²) in [7, 11) is 0. The Morgan fingerprint density at radius 1 is 0.935 bits per heavy atom. The minimum absolute atomic E-state index is 0.0645. The van der Waals surface area contributed by atoms with Gasteiger partial charge in [-0.3, -0.25) is 14.4 Å². The van der Waals surface area contributed by atoms with Crippen molar-refractivity contribution in [3.63, 3.8) is 0 Å². The number of carboxylic acids is 2. The van der Waals surface area contributed by atoms with Crippen molar-refractivity contribution in [2.75, 3.05) is 11.4 Å². The monoisotopic (exact) mass is 623 g/mol. The third-order valence-corrected chi connectivity index (χ3v) is 7.22. The molecule has 46 heavy (non-hydrogen) atoms. The van der Waals surface area contributed by atoms with Crippen molar-refractivity contribution in [1.82, 2.24) is 20.6 Å². The van der Waals surface area contributed by atoms with Crippen LogP contribution in [0.1, 0.15) is 40.2 Å². The van der Waals surface area contributed by atoms with Crippen molar-refractivity contribution in [1.29, 1.82) is 0 Å². The maximum atomic E-state index is 12.9. The number of rotatable bonds is 14. The van der Waals surface area contributed by atoms with E-state index in [1.54, 1.807) is 61.5 Å². The summed E-state index contributed by atoms with van der Waals surface area (Å²) in [6.07, 6.45) is 5.11. The number of aromatic amines is 1. The fourth-order valence-electron chi connectivity index (χ4n) is 4.88. The van der Waals surface area contributed by atoms with Gasteiger partial charge in [0.15, 0.2) is 0 Å². The lowest BCUT2D eigenvalue weighted by Gasteiger charge is -2.23. The number of aliphatic carboxylic acids is 2. The molecule has 0 aliphatic carbocycles. The molecule has 0 saturated carbocycles. The molecular formula is C34H33N5O7.